The normalized spacial score (nSPS) is 12.6. The molecule has 4 nitrogen and oxygen atoms in total. The Morgan fingerprint density at radius 2 is 1.50 bits per heavy atom. The van der Waals surface area contributed by atoms with Gasteiger partial charge in [0, 0.05) is 30.5 Å². The van der Waals surface area contributed by atoms with Crippen LogP contribution in [0.4, 0.5) is 0 Å². The number of rotatable bonds is 11. The Morgan fingerprint density at radius 1 is 0.882 bits per heavy atom. The molecule has 5 heteroatoms. The van der Waals surface area contributed by atoms with Crippen molar-refractivity contribution in [1.29, 1.82) is 0 Å². The van der Waals surface area contributed by atoms with E-state index in [1.54, 1.807) is 4.90 Å². The fraction of sp³-hybridized carbons (Fsp3) is 0.310. The van der Waals surface area contributed by atoms with E-state index in [9.17, 15) is 9.59 Å². The minimum absolute atomic E-state index is 0.0261. The van der Waals surface area contributed by atoms with E-state index in [-0.39, 0.29) is 17.9 Å². The van der Waals surface area contributed by atoms with Crippen LogP contribution in [0.15, 0.2) is 84.9 Å². The maximum Gasteiger partial charge on any atom is 0.243 e. The number of carbonyl (C=O) groups excluding carboxylic acids is 2. The molecule has 1 N–H and O–H groups in total. The number of hydrogen-bond donors (Lipinski definition) is 1. The lowest BCUT2D eigenvalue weighted by atomic mass is 10.0. The average Bonchev–Trinajstić information content (AvgIpc) is 2.85. The van der Waals surface area contributed by atoms with Gasteiger partial charge in [-0.1, -0.05) is 91.3 Å². The number of nitrogens with zero attached hydrogens (tertiary/aromatic N) is 1. The zero-order valence-corrected chi connectivity index (χ0v) is 20.7. The maximum absolute atomic E-state index is 13.6. The Morgan fingerprint density at radius 3 is 2.12 bits per heavy atom. The number of nitrogens with one attached hydrogen (secondary N) is 1. The monoisotopic (exact) mass is 476 g/mol. The Balaban J connectivity index is 1.91. The molecule has 0 saturated heterocycles. The Kier molecular flexibility index (Phi) is 9.72. The molecule has 0 heterocycles. The van der Waals surface area contributed by atoms with Gasteiger partial charge in [0.1, 0.15) is 6.04 Å². The third-order valence-electron chi connectivity index (χ3n) is 5.98. The predicted molar refractivity (Wildman–Crippen MR) is 139 cm³/mol. The summed E-state index contributed by atoms with van der Waals surface area (Å²) in [7, 11) is 0. The van der Waals surface area contributed by atoms with Crippen LogP contribution in [0.5, 0.6) is 0 Å². The second kappa shape index (κ2) is 13.0. The van der Waals surface area contributed by atoms with E-state index in [1.165, 1.54) is 0 Å². The van der Waals surface area contributed by atoms with E-state index in [0.717, 1.165) is 23.1 Å². The van der Waals surface area contributed by atoms with E-state index >= 15 is 0 Å². The van der Waals surface area contributed by atoms with Crippen LogP contribution < -0.4 is 5.32 Å². The van der Waals surface area contributed by atoms with Gasteiger partial charge in [-0.3, -0.25) is 9.59 Å². The van der Waals surface area contributed by atoms with Crippen molar-refractivity contribution in [2.45, 2.75) is 58.2 Å². The SMILES string of the molecule is CC[C@@H](C)NC(=O)[C@H](Cc1ccccc1)N(Cc1cccc(Cl)c1)C(=O)CCc1ccccc1. The molecule has 0 fully saturated rings. The van der Waals surface area contributed by atoms with Gasteiger partial charge in [0.2, 0.25) is 11.8 Å². The predicted octanol–water partition coefficient (Wildman–Crippen LogP) is 5.83. The Labute approximate surface area is 207 Å². The molecule has 0 aromatic heterocycles. The molecule has 0 aliphatic rings. The van der Waals surface area contributed by atoms with Crippen LogP contribution in [0.1, 0.15) is 43.4 Å². The van der Waals surface area contributed by atoms with Gasteiger partial charge in [0.05, 0.1) is 0 Å². The number of halogens is 1. The number of amides is 2. The van der Waals surface area contributed by atoms with Gasteiger partial charge in [0.25, 0.3) is 0 Å². The van der Waals surface area contributed by atoms with Crippen molar-refractivity contribution in [3.63, 3.8) is 0 Å². The topological polar surface area (TPSA) is 49.4 Å². The highest BCUT2D eigenvalue weighted by atomic mass is 35.5. The van der Waals surface area contributed by atoms with E-state index in [0.29, 0.717) is 30.8 Å². The van der Waals surface area contributed by atoms with Gasteiger partial charge >= 0.3 is 0 Å². The van der Waals surface area contributed by atoms with Gasteiger partial charge in [-0.15, -0.1) is 0 Å². The van der Waals surface area contributed by atoms with Gasteiger partial charge in [0.15, 0.2) is 0 Å². The lowest BCUT2D eigenvalue weighted by molar-refractivity contribution is -0.141. The van der Waals surface area contributed by atoms with Crippen LogP contribution in [0.2, 0.25) is 5.02 Å². The molecule has 0 spiro atoms. The third kappa shape index (κ3) is 7.74. The summed E-state index contributed by atoms with van der Waals surface area (Å²) in [6.07, 6.45) is 2.21. The first-order valence-electron chi connectivity index (χ1n) is 11.9. The quantitative estimate of drug-likeness (QED) is 0.378. The minimum Gasteiger partial charge on any atom is -0.352 e. The number of hydrogen-bond acceptors (Lipinski definition) is 2. The standard InChI is InChI=1S/C29H33ClN2O2/c1-3-22(2)31-29(34)27(20-24-13-8-5-9-14-24)32(21-25-15-10-16-26(30)19-25)28(33)18-17-23-11-6-4-7-12-23/h4-16,19,22,27H,3,17-18,20-21H2,1-2H3,(H,31,34)/t22-,27+/m1/s1. The molecule has 178 valence electrons. The number of aryl methyl sites for hydroxylation is 1. The minimum atomic E-state index is -0.626. The first-order valence-corrected chi connectivity index (χ1v) is 12.3. The summed E-state index contributed by atoms with van der Waals surface area (Å²) in [4.78, 5) is 28.8. The molecule has 0 saturated carbocycles. The van der Waals surface area contributed by atoms with Crippen molar-refractivity contribution in [2.24, 2.45) is 0 Å². The van der Waals surface area contributed by atoms with Crippen LogP contribution in [-0.2, 0) is 29.0 Å². The second-order valence-corrected chi connectivity index (χ2v) is 9.10. The van der Waals surface area contributed by atoms with Crippen LogP contribution in [0, 0.1) is 0 Å². The van der Waals surface area contributed by atoms with Crippen molar-refractivity contribution >= 4 is 23.4 Å². The van der Waals surface area contributed by atoms with Crippen molar-refractivity contribution in [1.82, 2.24) is 10.2 Å². The number of carbonyl (C=O) groups is 2. The Bertz CT molecular complexity index is 1060. The van der Waals surface area contributed by atoms with Crippen molar-refractivity contribution in [3.8, 4) is 0 Å². The molecule has 0 radical (unpaired) electrons. The summed E-state index contributed by atoms with van der Waals surface area (Å²) in [6.45, 7) is 4.33. The van der Waals surface area contributed by atoms with E-state index in [1.807, 2.05) is 98.8 Å². The van der Waals surface area contributed by atoms with Gasteiger partial charge < -0.3 is 10.2 Å². The molecule has 0 unspecified atom stereocenters. The second-order valence-electron chi connectivity index (χ2n) is 8.66. The van der Waals surface area contributed by atoms with Gasteiger partial charge in [-0.2, -0.15) is 0 Å². The molecule has 0 aliphatic heterocycles. The van der Waals surface area contributed by atoms with Gasteiger partial charge in [-0.05, 0) is 48.6 Å². The molecular weight excluding hydrogens is 444 g/mol. The number of benzene rings is 3. The zero-order chi connectivity index (χ0) is 24.3. The molecule has 2 amide bonds. The summed E-state index contributed by atoms with van der Waals surface area (Å²) in [5.74, 6) is -0.183. The molecule has 3 rings (SSSR count). The molecule has 34 heavy (non-hydrogen) atoms. The summed E-state index contributed by atoms with van der Waals surface area (Å²) >= 11 is 6.23. The molecule has 3 aromatic rings. The van der Waals surface area contributed by atoms with Crippen molar-refractivity contribution < 1.29 is 9.59 Å². The highest BCUT2D eigenvalue weighted by Gasteiger charge is 2.30. The van der Waals surface area contributed by atoms with E-state index < -0.39 is 6.04 Å². The summed E-state index contributed by atoms with van der Waals surface area (Å²) < 4.78 is 0. The third-order valence-corrected chi connectivity index (χ3v) is 6.22. The van der Waals surface area contributed by atoms with Crippen molar-refractivity contribution in [2.75, 3.05) is 0 Å². The highest BCUT2D eigenvalue weighted by Crippen LogP contribution is 2.19. The summed E-state index contributed by atoms with van der Waals surface area (Å²) in [5, 5.41) is 3.71. The maximum atomic E-state index is 13.6. The average molecular weight is 477 g/mol. The lowest BCUT2D eigenvalue weighted by Gasteiger charge is -2.32. The smallest absolute Gasteiger partial charge is 0.243 e. The first-order chi connectivity index (χ1) is 16.5. The molecule has 3 aromatic carbocycles. The lowest BCUT2D eigenvalue weighted by Crippen LogP contribution is -2.52. The van der Waals surface area contributed by atoms with E-state index in [2.05, 4.69) is 5.32 Å². The molecular formula is C29H33ClN2O2. The van der Waals surface area contributed by atoms with Crippen LogP contribution in [-0.4, -0.2) is 28.8 Å². The zero-order valence-electron chi connectivity index (χ0n) is 19.9. The molecule has 0 bridgehead atoms. The van der Waals surface area contributed by atoms with E-state index in [4.69, 9.17) is 11.6 Å². The fourth-order valence-corrected chi connectivity index (χ4v) is 4.08. The van der Waals surface area contributed by atoms with Crippen LogP contribution >= 0.6 is 11.6 Å². The largest absolute Gasteiger partial charge is 0.352 e. The summed E-state index contributed by atoms with van der Waals surface area (Å²) in [6, 6.07) is 26.7. The van der Waals surface area contributed by atoms with Crippen LogP contribution in [0.25, 0.3) is 0 Å². The van der Waals surface area contributed by atoms with Crippen molar-refractivity contribution in [3.05, 3.63) is 107 Å². The van der Waals surface area contributed by atoms with Crippen LogP contribution in [0.3, 0.4) is 0 Å². The molecule has 0 aliphatic carbocycles. The highest BCUT2D eigenvalue weighted by molar-refractivity contribution is 6.30. The first kappa shape index (κ1) is 25.5. The fourth-order valence-electron chi connectivity index (χ4n) is 3.87. The van der Waals surface area contributed by atoms with Gasteiger partial charge in [-0.25, -0.2) is 0 Å². The summed E-state index contributed by atoms with van der Waals surface area (Å²) in [5.41, 5.74) is 3.01. The molecule has 2 atom stereocenters. The Hall–Kier alpha value is -3.11.